The van der Waals surface area contributed by atoms with Crippen molar-refractivity contribution in [1.29, 1.82) is 0 Å². The maximum absolute atomic E-state index is 13.0. The number of hydrogen-bond acceptors (Lipinski definition) is 6. The van der Waals surface area contributed by atoms with Crippen LogP contribution in [0.1, 0.15) is 12.6 Å². The lowest BCUT2D eigenvalue weighted by Gasteiger charge is -2.10. The van der Waals surface area contributed by atoms with Crippen molar-refractivity contribution >= 4 is 5.69 Å². The van der Waals surface area contributed by atoms with E-state index in [-0.39, 0.29) is 5.82 Å². The van der Waals surface area contributed by atoms with Crippen LogP contribution >= 0.6 is 0 Å². The van der Waals surface area contributed by atoms with Crippen molar-refractivity contribution in [1.82, 2.24) is 20.0 Å². The fourth-order valence-corrected chi connectivity index (χ4v) is 2.23. The third kappa shape index (κ3) is 4.03. The smallest absolute Gasteiger partial charge is 0.240 e. The monoisotopic (exact) mass is 343 g/mol. The molecule has 8 heteroatoms. The molecule has 0 bridgehead atoms. The molecule has 0 fully saturated rings. The molecule has 0 aliphatic rings. The lowest BCUT2D eigenvalue weighted by atomic mass is 10.3. The number of ether oxygens (including phenoxy) is 2. The highest BCUT2D eigenvalue weighted by molar-refractivity contribution is 5.53. The van der Waals surface area contributed by atoms with Crippen LogP contribution in [-0.4, -0.2) is 33.7 Å². The summed E-state index contributed by atoms with van der Waals surface area (Å²) < 4.78 is 25.2. The second-order valence-corrected chi connectivity index (χ2v) is 5.12. The van der Waals surface area contributed by atoms with Gasteiger partial charge in [-0.15, -0.1) is 5.10 Å². The summed E-state index contributed by atoms with van der Waals surface area (Å²) >= 11 is 0. The number of methoxy groups -OCH3 is 1. The highest BCUT2D eigenvalue weighted by Gasteiger charge is 2.08. The van der Waals surface area contributed by atoms with E-state index in [0.717, 1.165) is 17.1 Å². The molecular formula is C17H18FN5O2. The SMILES string of the molecule is CCOc1ccc(NCc2cn(-c3ccc(F)cc3)nn2)c(OC)n1. The van der Waals surface area contributed by atoms with E-state index in [1.165, 1.54) is 12.1 Å². The van der Waals surface area contributed by atoms with Crippen molar-refractivity contribution in [2.75, 3.05) is 19.0 Å². The molecule has 2 heterocycles. The standard InChI is InChI=1S/C17H18FN5O2/c1-3-25-16-9-8-15(17(20-16)24-2)19-10-13-11-23(22-21-13)14-6-4-12(18)5-7-14/h4-9,11,19H,3,10H2,1-2H3. The van der Waals surface area contributed by atoms with Crippen LogP contribution in [0.3, 0.4) is 0 Å². The zero-order chi connectivity index (χ0) is 17.6. The molecule has 0 unspecified atom stereocenters. The molecule has 0 aliphatic heterocycles. The van der Waals surface area contributed by atoms with Gasteiger partial charge in [-0.2, -0.15) is 4.98 Å². The van der Waals surface area contributed by atoms with Gasteiger partial charge in [0.2, 0.25) is 11.8 Å². The van der Waals surface area contributed by atoms with Gasteiger partial charge in [0.15, 0.2) is 0 Å². The molecule has 3 rings (SSSR count). The molecule has 0 atom stereocenters. The molecule has 0 spiro atoms. The van der Waals surface area contributed by atoms with E-state index in [9.17, 15) is 4.39 Å². The zero-order valence-electron chi connectivity index (χ0n) is 13.9. The Morgan fingerprint density at radius 2 is 1.96 bits per heavy atom. The Bertz CT molecular complexity index is 835. The van der Waals surface area contributed by atoms with Gasteiger partial charge < -0.3 is 14.8 Å². The quantitative estimate of drug-likeness (QED) is 0.711. The van der Waals surface area contributed by atoms with Gasteiger partial charge in [-0.3, -0.25) is 0 Å². The Labute approximate surface area is 144 Å². The Hall–Kier alpha value is -3.16. The van der Waals surface area contributed by atoms with Crippen LogP contribution in [0.25, 0.3) is 5.69 Å². The third-order valence-corrected chi connectivity index (χ3v) is 3.41. The lowest BCUT2D eigenvalue weighted by Crippen LogP contribution is -2.04. The van der Waals surface area contributed by atoms with Crippen LogP contribution in [0.5, 0.6) is 11.8 Å². The first kappa shape index (κ1) is 16.7. The number of benzene rings is 1. The first-order valence-electron chi connectivity index (χ1n) is 7.78. The molecule has 1 aromatic carbocycles. The van der Waals surface area contributed by atoms with E-state index in [2.05, 4.69) is 20.6 Å². The highest BCUT2D eigenvalue weighted by Crippen LogP contribution is 2.25. The number of aromatic nitrogens is 4. The van der Waals surface area contributed by atoms with E-state index in [1.807, 2.05) is 13.0 Å². The number of anilines is 1. The number of rotatable bonds is 7. The maximum Gasteiger partial charge on any atom is 0.240 e. The summed E-state index contributed by atoms with van der Waals surface area (Å²) in [6.45, 7) is 2.87. The summed E-state index contributed by atoms with van der Waals surface area (Å²) in [6.07, 6.45) is 1.77. The average Bonchev–Trinajstić information content (AvgIpc) is 3.10. The molecule has 130 valence electrons. The lowest BCUT2D eigenvalue weighted by molar-refractivity contribution is 0.317. The van der Waals surface area contributed by atoms with E-state index in [0.29, 0.717) is 24.9 Å². The second-order valence-electron chi connectivity index (χ2n) is 5.12. The molecular weight excluding hydrogens is 325 g/mol. The normalized spacial score (nSPS) is 10.5. The van der Waals surface area contributed by atoms with Gasteiger partial charge in [0.25, 0.3) is 0 Å². The predicted octanol–water partition coefficient (Wildman–Crippen LogP) is 2.82. The van der Waals surface area contributed by atoms with Gasteiger partial charge in [0.1, 0.15) is 11.5 Å². The molecule has 0 amide bonds. The number of nitrogens with zero attached hydrogens (tertiary/aromatic N) is 4. The fourth-order valence-electron chi connectivity index (χ4n) is 2.23. The number of hydrogen-bond donors (Lipinski definition) is 1. The van der Waals surface area contributed by atoms with Crippen LogP contribution in [-0.2, 0) is 6.54 Å². The topological polar surface area (TPSA) is 74.1 Å². The predicted molar refractivity (Wildman–Crippen MR) is 90.6 cm³/mol. The molecule has 1 N–H and O–H groups in total. The molecule has 0 saturated heterocycles. The number of pyridine rings is 1. The van der Waals surface area contributed by atoms with Crippen LogP contribution in [0, 0.1) is 5.82 Å². The molecule has 0 aliphatic carbocycles. The van der Waals surface area contributed by atoms with Crippen molar-refractivity contribution in [3.63, 3.8) is 0 Å². The number of halogens is 1. The van der Waals surface area contributed by atoms with Crippen LogP contribution in [0.2, 0.25) is 0 Å². The van der Waals surface area contributed by atoms with Gasteiger partial charge in [-0.05, 0) is 37.3 Å². The van der Waals surface area contributed by atoms with E-state index in [1.54, 1.807) is 36.2 Å². The minimum absolute atomic E-state index is 0.291. The second kappa shape index (κ2) is 7.61. The highest BCUT2D eigenvalue weighted by atomic mass is 19.1. The largest absolute Gasteiger partial charge is 0.479 e. The van der Waals surface area contributed by atoms with Gasteiger partial charge in [-0.1, -0.05) is 5.21 Å². The Morgan fingerprint density at radius 1 is 1.16 bits per heavy atom. The van der Waals surface area contributed by atoms with E-state index in [4.69, 9.17) is 9.47 Å². The first-order chi connectivity index (χ1) is 12.2. The van der Waals surface area contributed by atoms with Crippen LogP contribution in [0.15, 0.2) is 42.6 Å². The van der Waals surface area contributed by atoms with E-state index < -0.39 is 0 Å². The summed E-state index contributed by atoms with van der Waals surface area (Å²) in [5, 5.41) is 11.4. The summed E-state index contributed by atoms with van der Waals surface area (Å²) in [5.41, 5.74) is 2.18. The zero-order valence-corrected chi connectivity index (χ0v) is 13.9. The summed E-state index contributed by atoms with van der Waals surface area (Å²) in [4.78, 5) is 4.27. The van der Waals surface area contributed by atoms with Crippen molar-refractivity contribution in [2.45, 2.75) is 13.5 Å². The molecule has 25 heavy (non-hydrogen) atoms. The third-order valence-electron chi connectivity index (χ3n) is 3.41. The maximum atomic E-state index is 13.0. The first-order valence-corrected chi connectivity index (χ1v) is 7.78. The molecule has 7 nitrogen and oxygen atoms in total. The minimum Gasteiger partial charge on any atom is -0.479 e. The fraction of sp³-hybridized carbons (Fsp3) is 0.235. The van der Waals surface area contributed by atoms with Crippen LogP contribution < -0.4 is 14.8 Å². The van der Waals surface area contributed by atoms with Crippen molar-refractivity contribution < 1.29 is 13.9 Å². The summed E-state index contributed by atoms with van der Waals surface area (Å²) in [7, 11) is 1.55. The minimum atomic E-state index is -0.291. The van der Waals surface area contributed by atoms with Gasteiger partial charge in [0.05, 0.1) is 37.8 Å². The van der Waals surface area contributed by atoms with Crippen molar-refractivity contribution in [3.8, 4) is 17.4 Å². The van der Waals surface area contributed by atoms with Crippen molar-refractivity contribution in [2.24, 2.45) is 0 Å². The molecule has 0 radical (unpaired) electrons. The molecule has 2 aromatic heterocycles. The van der Waals surface area contributed by atoms with Crippen molar-refractivity contribution in [3.05, 3.63) is 54.1 Å². The Balaban J connectivity index is 1.69. The Kier molecular flexibility index (Phi) is 5.08. The summed E-state index contributed by atoms with van der Waals surface area (Å²) in [5.74, 6) is 0.657. The Morgan fingerprint density at radius 3 is 2.68 bits per heavy atom. The number of nitrogens with one attached hydrogen (secondary N) is 1. The molecule has 3 aromatic rings. The van der Waals surface area contributed by atoms with Gasteiger partial charge >= 0.3 is 0 Å². The van der Waals surface area contributed by atoms with Crippen LogP contribution in [0.4, 0.5) is 10.1 Å². The molecule has 0 saturated carbocycles. The summed E-state index contributed by atoms with van der Waals surface area (Å²) in [6, 6.07) is 9.64. The average molecular weight is 343 g/mol. The van der Waals surface area contributed by atoms with Gasteiger partial charge in [-0.25, -0.2) is 9.07 Å². The van der Waals surface area contributed by atoms with Gasteiger partial charge in [0, 0.05) is 6.07 Å². The van der Waals surface area contributed by atoms with E-state index >= 15 is 0 Å².